The van der Waals surface area contributed by atoms with E-state index in [9.17, 15) is 8.42 Å². The normalized spacial score (nSPS) is 20.1. The molecule has 0 radical (unpaired) electrons. The van der Waals surface area contributed by atoms with Crippen molar-refractivity contribution in [2.75, 3.05) is 13.2 Å². The fraction of sp³-hybridized carbons (Fsp3) is 0.438. The lowest BCUT2D eigenvalue weighted by Gasteiger charge is -2.22. The average Bonchev–Trinajstić information content (AvgIpc) is 3.25. The third-order valence-electron chi connectivity index (χ3n) is 4.33. The van der Waals surface area contributed by atoms with Gasteiger partial charge in [-0.05, 0) is 31.4 Å². The summed E-state index contributed by atoms with van der Waals surface area (Å²) in [6.07, 6.45) is 2.07. The molecule has 6 nitrogen and oxygen atoms in total. The molecule has 3 N–H and O–H groups in total. The van der Waals surface area contributed by atoms with Crippen LogP contribution < -0.4 is 15.8 Å². The standard InChI is InChI=1S/C16H21N3O3S/c1-3-18-11(2)16(7-8-16)10-22-13-6-4-5-12-9-23(20,21)19-15(17)14(12)13/h4-6,18H,2-3,7-10H2,1H3,(H2,17,19). The predicted molar refractivity (Wildman–Crippen MR) is 89.8 cm³/mol. The number of benzene rings is 1. The van der Waals surface area contributed by atoms with Crippen molar-refractivity contribution in [1.82, 2.24) is 5.32 Å². The van der Waals surface area contributed by atoms with Gasteiger partial charge in [-0.1, -0.05) is 18.7 Å². The number of rotatable bonds is 6. The van der Waals surface area contributed by atoms with Crippen molar-refractivity contribution in [3.05, 3.63) is 41.6 Å². The summed E-state index contributed by atoms with van der Waals surface area (Å²) in [7, 11) is -3.53. The topological polar surface area (TPSA) is 93.8 Å². The molecule has 0 spiro atoms. The molecule has 2 aliphatic rings. The summed E-state index contributed by atoms with van der Waals surface area (Å²) in [5.41, 5.74) is 8.02. The van der Waals surface area contributed by atoms with Crippen LogP contribution in [0.2, 0.25) is 0 Å². The van der Waals surface area contributed by atoms with Crippen LogP contribution in [0.3, 0.4) is 0 Å². The Morgan fingerprint density at radius 1 is 1.48 bits per heavy atom. The van der Waals surface area contributed by atoms with Crippen molar-refractivity contribution >= 4 is 15.9 Å². The lowest BCUT2D eigenvalue weighted by Crippen LogP contribution is -2.27. The van der Waals surface area contributed by atoms with Crippen molar-refractivity contribution in [2.45, 2.75) is 25.5 Å². The third kappa shape index (κ3) is 3.06. The first kappa shape index (κ1) is 15.9. The molecule has 0 saturated heterocycles. The Balaban J connectivity index is 1.82. The Kier molecular flexibility index (Phi) is 3.83. The average molecular weight is 335 g/mol. The van der Waals surface area contributed by atoms with E-state index in [1.807, 2.05) is 6.92 Å². The highest BCUT2D eigenvalue weighted by Crippen LogP contribution is 2.50. The summed E-state index contributed by atoms with van der Waals surface area (Å²) < 4.78 is 33.0. The van der Waals surface area contributed by atoms with Gasteiger partial charge in [-0.15, -0.1) is 4.40 Å². The minimum absolute atomic E-state index is 0.00259. The molecule has 0 aromatic heterocycles. The van der Waals surface area contributed by atoms with E-state index in [1.165, 1.54) is 0 Å². The zero-order chi connectivity index (χ0) is 16.7. The highest BCUT2D eigenvalue weighted by atomic mass is 32.2. The van der Waals surface area contributed by atoms with Crippen molar-refractivity contribution < 1.29 is 13.2 Å². The van der Waals surface area contributed by atoms with E-state index in [4.69, 9.17) is 10.5 Å². The maximum absolute atomic E-state index is 11.7. The molecule has 1 saturated carbocycles. The summed E-state index contributed by atoms with van der Waals surface area (Å²) in [5, 5.41) is 3.26. The fourth-order valence-electron chi connectivity index (χ4n) is 2.83. The minimum atomic E-state index is -3.53. The van der Waals surface area contributed by atoms with Crippen LogP contribution in [0.5, 0.6) is 5.75 Å². The number of amidine groups is 1. The zero-order valence-corrected chi connectivity index (χ0v) is 13.9. The van der Waals surface area contributed by atoms with Crippen LogP contribution in [0.15, 0.2) is 34.9 Å². The molecule has 1 aliphatic heterocycles. The Morgan fingerprint density at radius 2 is 2.22 bits per heavy atom. The van der Waals surface area contributed by atoms with E-state index in [2.05, 4.69) is 16.3 Å². The van der Waals surface area contributed by atoms with Crippen LogP contribution in [0.4, 0.5) is 0 Å². The Labute approximate surface area is 136 Å². The molecule has 1 aromatic carbocycles. The van der Waals surface area contributed by atoms with Gasteiger partial charge in [0.1, 0.15) is 11.6 Å². The Hall–Kier alpha value is -2.02. The van der Waals surface area contributed by atoms with Crippen LogP contribution in [-0.2, 0) is 15.8 Å². The van der Waals surface area contributed by atoms with Crippen molar-refractivity contribution in [3.63, 3.8) is 0 Å². The van der Waals surface area contributed by atoms with Gasteiger partial charge in [0.25, 0.3) is 10.0 Å². The van der Waals surface area contributed by atoms with Crippen molar-refractivity contribution in [1.29, 1.82) is 0 Å². The highest BCUT2D eigenvalue weighted by molar-refractivity contribution is 7.89. The Morgan fingerprint density at radius 3 is 2.87 bits per heavy atom. The van der Waals surface area contributed by atoms with Crippen LogP contribution >= 0.6 is 0 Å². The van der Waals surface area contributed by atoms with Gasteiger partial charge in [-0.2, -0.15) is 0 Å². The maximum Gasteiger partial charge on any atom is 0.259 e. The first-order chi connectivity index (χ1) is 10.9. The first-order valence-corrected chi connectivity index (χ1v) is 9.24. The molecular formula is C16H21N3O3S. The van der Waals surface area contributed by atoms with Gasteiger partial charge in [0, 0.05) is 17.7 Å². The second-order valence-corrected chi connectivity index (χ2v) is 7.71. The van der Waals surface area contributed by atoms with Crippen LogP contribution in [0.1, 0.15) is 30.9 Å². The molecule has 1 aromatic rings. The van der Waals surface area contributed by atoms with E-state index in [-0.39, 0.29) is 17.0 Å². The van der Waals surface area contributed by atoms with E-state index in [1.54, 1.807) is 18.2 Å². The van der Waals surface area contributed by atoms with Crippen LogP contribution in [-0.4, -0.2) is 27.4 Å². The molecule has 0 atom stereocenters. The van der Waals surface area contributed by atoms with E-state index >= 15 is 0 Å². The second kappa shape index (κ2) is 5.56. The number of nitrogens with two attached hydrogens (primary N) is 1. The van der Waals surface area contributed by atoms with Gasteiger partial charge < -0.3 is 15.8 Å². The maximum atomic E-state index is 11.7. The predicted octanol–water partition coefficient (Wildman–Crippen LogP) is 1.52. The molecule has 3 rings (SSSR count). The number of hydrogen-bond donors (Lipinski definition) is 2. The molecule has 0 bridgehead atoms. The number of nitrogens with zero attached hydrogens (tertiary/aromatic N) is 1. The molecule has 124 valence electrons. The van der Waals surface area contributed by atoms with Crippen molar-refractivity contribution in [3.8, 4) is 5.75 Å². The smallest absolute Gasteiger partial charge is 0.259 e. The molecule has 23 heavy (non-hydrogen) atoms. The number of hydrogen-bond acceptors (Lipinski definition) is 5. The quantitative estimate of drug-likeness (QED) is 0.822. The molecule has 7 heteroatoms. The van der Waals surface area contributed by atoms with Crippen LogP contribution in [0, 0.1) is 5.41 Å². The second-order valence-electron chi connectivity index (χ2n) is 6.07. The highest BCUT2D eigenvalue weighted by Gasteiger charge is 2.46. The van der Waals surface area contributed by atoms with E-state index in [0.29, 0.717) is 23.5 Å². The molecule has 1 aliphatic carbocycles. The fourth-order valence-corrected chi connectivity index (χ4v) is 3.92. The molecule has 0 amide bonds. The van der Waals surface area contributed by atoms with Gasteiger partial charge in [-0.3, -0.25) is 0 Å². The number of fused-ring (bicyclic) bond motifs is 1. The van der Waals surface area contributed by atoms with E-state index < -0.39 is 10.0 Å². The molecular weight excluding hydrogens is 314 g/mol. The van der Waals surface area contributed by atoms with Gasteiger partial charge in [-0.25, -0.2) is 8.42 Å². The zero-order valence-electron chi connectivity index (χ0n) is 13.1. The minimum Gasteiger partial charge on any atom is -0.492 e. The SMILES string of the molecule is C=C(NCC)C1(COc2cccc3c2C(N)=NS(=O)(=O)C3)CC1. The van der Waals surface area contributed by atoms with E-state index in [0.717, 1.165) is 25.1 Å². The molecule has 1 fully saturated rings. The van der Waals surface area contributed by atoms with Gasteiger partial charge >= 0.3 is 0 Å². The van der Waals surface area contributed by atoms with Gasteiger partial charge in [0.15, 0.2) is 0 Å². The van der Waals surface area contributed by atoms with Gasteiger partial charge in [0.2, 0.25) is 0 Å². The van der Waals surface area contributed by atoms with Gasteiger partial charge in [0.05, 0.1) is 17.9 Å². The summed E-state index contributed by atoms with van der Waals surface area (Å²) in [6.45, 7) is 7.46. The van der Waals surface area contributed by atoms with Crippen molar-refractivity contribution in [2.24, 2.45) is 15.5 Å². The van der Waals surface area contributed by atoms with Crippen LogP contribution in [0.25, 0.3) is 0 Å². The molecule has 1 heterocycles. The summed E-state index contributed by atoms with van der Waals surface area (Å²) in [5.74, 6) is 0.432. The monoisotopic (exact) mass is 335 g/mol. The molecule has 0 unspecified atom stereocenters. The summed E-state index contributed by atoms with van der Waals surface area (Å²) in [6, 6.07) is 5.32. The summed E-state index contributed by atoms with van der Waals surface area (Å²) in [4.78, 5) is 0. The Bertz CT molecular complexity index is 780. The number of nitrogens with one attached hydrogen (secondary N) is 1. The summed E-state index contributed by atoms with van der Waals surface area (Å²) >= 11 is 0. The third-order valence-corrected chi connectivity index (χ3v) is 5.48. The number of sulfonamides is 1. The lowest BCUT2D eigenvalue weighted by atomic mass is 10.0. The first-order valence-electron chi connectivity index (χ1n) is 7.63. The lowest BCUT2D eigenvalue weighted by molar-refractivity contribution is 0.251. The largest absolute Gasteiger partial charge is 0.492 e. The number of ether oxygens (including phenoxy) is 1.